The van der Waals surface area contributed by atoms with Crippen molar-refractivity contribution in [2.24, 2.45) is 7.05 Å². The maximum atomic E-state index is 12.8. The highest BCUT2D eigenvalue weighted by Gasteiger charge is 2.35. The summed E-state index contributed by atoms with van der Waals surface area (Å²) in [5.74, 6) is 2.98. The van der Waals surface area contributed by atoms with Gasteiger partial charge in [0.1, 0.15) is 30.3 Å². The average Bonchev–Trinajstić information content (AvgIpc) is 3.41. The first-order valence-corrected chi connectivity index (χ1v) is 15.1. The Kier molecular flexibility index (Phi) is 7.46. The van der Waals surface area contributed by atoms with Gasteiger partial charge >= 0.3 is 0 Å². The van der Waals surface area contributed by atoms with E-state index in [1.54, 1.807) is 18.7 Å². The largest absolute Gasteiger partial charge is 0.488 e. The molecule has 230 valence electrons. The molecule has 11 heteroatoms. The van der Waals surface area contributed by atoms with E-state index < -0.39 is 0 Å². The van der Waals surface area contributed by atoms with Crippen LogP contribution < -0.4 is 19.7 Å². The van der Waals surface area contributed by atoms with Crippen molar-refractivity contribution >= 4 is 45.0 Å². The standard InChI is InChI=1S/C34H36N8O3/c1-22-16-23(7-12-30(22)45-25-8-10-28-27(17-25)37-21-40(28)4)38-34-32-26(35-20-36-34)9-11-29-33(32)44-19-24-18-41(14-15-42(24)29)31(43)6-5-13-39(2)3/h5-12,16-17,20-21,24H,13-15,18-19H2,1-4H3,(H,35,36,38)/b6-5+/t24-/m0/s1. The van der Waals surface area contributed by atoms with Gasteiger partial charge in [0.15, 0.2) is 5.75 Å². The molecule has 3 aromatic carbocycles. The minimum Gasteiger partial charge on any atom is -0.488 e. The second-order valence-electron chi connectivity index (χ2n) is 11.9. The lowest BCUT2D eigenvalue weighted by Gasteiger charge is -2.45. The van der Waals surface area contributed by atoms with Crippen LogP contribution in [-0.4, -0.2) is 88.1 Å². The summed E-state index contributed by atoms with van der Waals surface area (Å²) < 4.78 is 14.6. The predicted molar refractivity (Wildman–Crippen MR) is 176 cm³/mol. The van der Waals surface area contributed by atoms with Crippen molar-refractivity contribution in [1.29, 1.82) is 0 Å². The molecular formula is C34H36N8O3. The highest BCUT2D eigenvalue weighted by atomic mass is 16.5. The first-order valence-electron chi connectivity index (χ1n) is 15.1. The summed E-state index contributed by atoms with van der Waals surface area (Å²) in [6.07, 6.45) is 6.95. The number of hydrogen-bond acceptors (Lipinski definition) is 9. The first-order chi connectivity index (χ1) is 21.8. The lowest BCUT2D eigenvalue weighted by Crippen LogP contribution is -2.58. The monoisotopic (exact) mass is 604 g/mol. The zero-order chi connectivity index (χ0) is 31.1. The van der Waals surface area contributed by atoms with Crippen LogP contribution in [0.25, 0.3) is 21.9 Å². The number of amides is 1. The highest BCUT2D eigenvalue weighted by molar-refractivity contribution is 6.00. The molecule has 11 nitrogen and oxygen atoms in total. The van der Waals surface area contributed by atoms with Crippen LogP contribution in [0.3, 0.4) is 0 Å². The Hall–Kier alpha value is -5.16. The van der Waals surface area contributed by atoms with Gasteiger partial charge < -0.3 is 34.1 Å². The van der Waals surface area contributed by atoms with Gasteiger partial charge in [-0.05, 0) is 69.0 Å². The van der Waals surface area contributed by atoms with Gasteiger partial charge in [-0.2, -0.15) is 0 Å². The van der Waals surface area contributed by atoms with Crippen LogP contribution in [0.4, 0.5) is 17.2 Å². The van der Waals surface area contributed by atoms with E-state index in [9.17, 15) is 4.79 Å². The number of nitrogens with one attached hydrogen (secondary N) is 1. The molecule has 1 fully saturated rings. The summed E-state index contributed by atoms with van der Waals surface area (Å²) in [6, 6.07) is 16.0. The third-order valence-electron chi connectivity index (χ3n) is 8.35. The van der Waals surface area contributed by atoms with E-state index >= 15 is 0 Å². The van der Waals surface area contributed by atoms with Crippen molar-refractivity contribution in [3.05, 3.63) is 78.9 Å². The molecule has 45 heavy (non-hydrogen) atoms. The number of aromatic nitrogens is 4. The van der Waals surface area contributed by atoms with Crippen LogP contribution in [0, 0.1) is 6.92 Å². The van der Waals surface area contributed by atoms with Crippen molar-refractivity contribution in [1.82, 2.24) is 29.3 Å². The molecule has 0 bridgehead atoms. The third-order valence-corrected chi connectivity index (χ3v) is 8.35. The van der Waals surface area contributed by atoms with Gasteiger partial charge in [-0.3, -0.25) is 4.79 Å². The van der Waals surface area contributed by atoms with Gasteiger partial charge in [0.05, 0.1) is 40.0 Å². The molecule has 1 saturated heterocycles. The average molecular weight is 605 g/mol. The van der Waals surface area contributed by atoms with Crippen LogP contribution in [0.5, 0.6) is 17.2 Å². The molecule has 0 saturated carbocycles. The summed E-state index contributed by atoms with van der Waals surface area (Å²) in [5, 5.41) is 4.33. The van der Waals surface area contributed by atoms with Crippen LogP contribution in [-0.2, 0) is 11.8 Å². The van der Waals surface area contributed by atoms with Crippen molar-refractivity contribution in [2.75, 3.05) is 57.1 Å². The van der Waals surface area contributed by atoms with E-state index in [-0.39, 0.29) is 11.9 Å². The molecule has 2 aromatic heterocycles. The fraction of sp³-hybridized carbons (Fsp3) is 0.294. The smallest absolute Gasteiger partial charge is 0.246 e. The number of carbonyl (C=O) groups excluding carboxylic acids is 1. The molecule has 0 radical (unpaired) electrons. The lowest BCUT2D eigenvalue weighted by molar-refractivity contribution is -0.127. The van der Waals surface area contributed by atoms with Crippen LogP contribution in [0.1, 0.15) is 5.56 Å². The molecule has 1 amide bonds. The van der Waals surface area contributed by atoms with Crippen molar-refractivity contribution in [3.8, 4) is 17.2 Å². The number of imidazole rings is 1. The molecule has 4 heterocycles. The lowest BCUT2D eigenvalue weighted by atomic mass is 10.1. The van der Waals surface area contributed by atoms with E-state index in [2.05, 4.69) is 31.2 Å². The number of nitrogens with zero attached hydrogens (tertiary/aromatic N) is 7. The zero-order valence-corrected chi connectivity index (χ0v) is 25.9. The topological polar surface area (TPSA) is 101 Å². The zero-order valence-electron chi connectivity index (χ0n) is 25.9. The molecule has 2 aliphatic heterocycles. The van der Waals surface area contributed by atoms with E-state index in [0.717, 1.165) is 69.2 Å². The van der Waals surface area contributed by atoms with Gasteiger partial charge in [0.25, 0.3) is 0 Å². The second-order valence-corrected chi connectivity index (χ2v) is 11.9. The molecule has 1 atom stereocenters. The summed E-state index contributed by atoms with van der Waals surface area (Å²) in [5.41, 5.74) is 5.59. The Morgan fingerprint density at radius 2 is 1.98 bits per heavy atom. The maximum absolute atomic E-state index is 12.8. The van der Waals surface area contributed by atoms with Crippen LogP contribution in [0.2, 0.25) is 0 Å². The van der Waals surface area contributed by atoms with Gasteiger partial charge in [0, 0.05) is 51.1 Å². The number of benzene rings is 3. The van der Waals surface area contributed by atoms with Crippen LogP contribution in [0.15, 0.2) is 73.3 Å². The number of carbonyl (C=O) groups is 1. The Morgan fingerprint density at radius 3 is 2.82 bits per heavy atom. The Morgan fingerprint density at radius 1 is 1.09 bits per heavy atom. The molecule has 5 aromatic rings. The number of aryl methyl sites for hydroxylation is 2. The van der Waals surface area contributed by atoms with E-state index in [1.165, 1.54) is 0 Å². The number of likely N-dealkylation sites (N-methyl/N-ethyl adjacent to an activating group) is 1. The Bertz CT molecular complexity index is 1930. The van der Waals surface area contributed by atoms with E-state index in [1.807, 2.05) is 91.0 Å². The number of hydrogen-bond donors (Lipinski definition) is 1. The summed E-state index contributed by atoms with van der Waals surface area (Å²) in [4.78, 5) is 32.7. The molecule has 1 N–H and O–H groups in total. The second kappa shape index (κ2) is 11.7. The van der Waals surface area contributed by atoms with Gasteiger partial charge in [0.2, 0.25) is 5.91 Å². The molecular weight excluding hydrogens is 568 g/mol. The van der Waals surface area contributed by atoms with Crippen molar-refractivity contribution < 1.29 is 14.3 Å². The quantitative estimate of drug-likeness (QED) is 0.260. The summed E-state index contributed by atoms with van der Waals surface area (Å²) in [6.45, 7) is 5.22. The number of ether oxygens (including phenoxy) is 2. The van der Waals surface area contributed by atoms with Crippen molar-refractivity contribution in [2.45, 2.75) is 13.0 Å². The SMILES string of the molecule is Cc1cc(Nc2ncnc3ccc4c(c23)OC[C@@H]2CN(C(=O)/C=C/CN(C)C)CCN42)ccc1Oc1ccc2c(c1)ncn2C. The molecule has 0 spiro atoms. The van der Waals surface area contributed by atoms with Gasteiger partial charge in [-0.25, -0.2) is 15.0 Å². The van der Waals surface area contributed by atoms with Gasteiger partial charge in [-0.1, -0.05) is 6.08 Å². The fourth-order valence-corrected chi connectivity index (χ4v) is 6.03. The minimum atomic E-state index is 0.0432. The van der Waals surface area contributed by atoms with E-state index in [4.69, 9.17) is 9.47 Å². The fourth-order valence-electron chi connectivity index (χ4n) is 6.03. The number of piperazine rings is 1. The number of rotatable bonds is 7. The summed E-state index contributed by atoms with van der Waals surface area (Å²) in [7, 11) is 5.94. The highest BCUT2D eigenvalue weighted by Crippen LogP contribution is 2.43. The van der Waals surface area contributed by atoms with Crippen LogP contribution >= 0.6 is 0 Å². The normalized spacial score (nSPS) is 16.2. The Labute approximate surface area is 261 Å². The van der Waals surface area contributed by atoms with E-state index in [0.29, 0.717) is 25.5 Å². The third kappa shape index (κ3) is 5.62. The molecule has 7 rings (SSSR count). The molecule has 0 unspecified atom stereocenters. The number of anilines is 3. The van der Waals surface area contributed by atoms with Gasteiger partial charge in [-0.15, -0.1) is 0 Å². The first kappa shape index (κ1) is 28.6. The maximum Gasteiger partial charge on any atom is 0.246 e. The Balaban J connectivity index is 1.10. The predicted octanol–water partition coefficient (Wildman–Crippen LogP) is 4.89. The minimum absolute atomic E-state index is 0.0432. The molecule has 0 aliphatic carbocycles. The summed E-state index contributed by atoms with van der Waals surface area (Å²) >= 11 is 0. The number of fused-ring (bicyclic) bond motifs is 6. The van der Waals surface area contributed by atoms with Crippen molar-refractivity contribution in [3.63, 3.8) is 0 Å². The molecule has 2 aliphatic rings.